The lowest BCUT2D eigenvalue weighted by Gasteiger charge is -2.13. The quantitative estimate of drug-likeness (QED) is 0.547. The number of aromatic hydroxyl groups is 3. The molecule has 0 fully saturated rings. The van der Waals surface area contributed by atoms with Crippen LogP contribution in [0.1, 0.15) is 11.1 Å². The average Bonchev–Trinajstić information content (AvgIpc) is 2.52. The summed E-state index contributed by atoms with van der Waals surface area (Å²) < 4.78 is 0. The fourth-order valence-electron chi connectivity index (χ4n) is 2.42. The first kappa shape index (κ1) is 14.8. The Balaban J connectivity index is 1.89. The molecule has 3 rings (SSSR count). The van der Waals surface area contributed by atoms with E-state index in [1.165, 1.54) is 0 Å². The maximum Gasteiger partial charge on any atom is 0.117 e. The van der Waals surface area contributed by atoms with Crippen molar-refractivity contribution in [3.63, 3.8) is 0 Å². The van der Waals surface area contributed by atoms with Crippen molar-refractivity contribution in [2.24, 2.45) is 0 Å². The first-order valence-corrected chi connectivity index (χ1v) is 7.26. The molecule has 0 radical (unpaired) electrons. The van der Waals surface area contributed by atoms with Crippen molar-refractivity contribution in [3.05, 3.63) is 77.9 Å². The van der Waals surface area contributed by atoms with Crippen molar-refractivity contribution in [2.75, 3.05) is 5.32 Å². The summed E-state index contributed by atoms with van der Waals surface area (Å²) in [6, 6.07) is 19.0. The zero-order valence-corrected chi connectivity index (χ0v) is 12.4. The van der Waals surface area contributed by atoms with Gasteiger partial charge >= 0.3 is 0 Å². The Morgan fingerprint density at radius 1 is 0.696 bits per heavy atom. The van der Waals surface area contributed by atoms with Crippen LogP contribution in [-0.4, -0.2) is 15.3 Å². The van der Waals surface area contributed by atoms with Gasteiger partial charge in [-0.05, 0) is 60.0 Å². The van der Waals surface area contributed by atoms with Crippen molar-refractivity contribution in [3.8, 4) is 17.2 Å². The van der Waals surface area contributed by atoms with E-state index in [4.69, 9.17) is 0 Å². The van der Waals surface area contributed by atoms with Crippen molar-refractivity contribution >= 4 is 11.4 Å². The third-order valence-electron chi connectivity index (χ3n) is 3.54. The predicted octanol–water partition coefficient (Wildman–Crippen LogP) is 4.14. The zero-order chi connectivity index (χ0) is 16.2. The Labute approximate surface area is 134 Å². The van der Waals surface area contributed by atoms with E-state index in [0.29, 0.717) is 6.42 Å². The minimum atomic E-state index is 0.189. The normalized spacial score (nSPS) is 10.4. The fraction of sp³-hybridized carbons (Fsp3) is 0.0526. The molecule has 0 aliphatic carbocycles. The van der Waals surface area contributed by atoms with Gasteiger partial charge in [0.1, 0.15) is 17.2 Å². The highest BCUT2D eigenvalue weighted by Gasteiger charge is 2.06. The number of hydrogen-bond donors (Lipinski definition) is 4. The number of rotatable bonds is 4. The third kappa shape index (κ3) is 3.74. The summed E-state index contributed by atoms with van der Waals surface area (Å²) in [7, 11) is 0. The molecule has 0 saturated carbocycles. The number of phenolic OH excluding ortho intramolecular Hbond substituents is 3. The van der Waals surface area contributed by atoms with Crippen molar-refractivity contribution in [1.29, 1.82) is 0 Å². The molecule has 0 aromatic heterocycles. The second-order valence-corrected chi connectivity index (χ2v) is 5.36. The van der Waals surface area contributed by atoms with Crippen LogP contribution in [0.15, 0.2) is 66.7 Å². The summed E-state index contributed by atoms with van der Waals surface area (Å²) in [5.41, 5.74) is 3.55. The topological polar surface area (TPSA) is 72.7 Å². The molecule has 0 heterocycles. The molecule has 3 aromatic carbocycles. The Morgan fingerprint density at radius 3 is 2.13 bits per heavy atom. The Bertz CT molecular complexity index is 813. The van der Waals surface area contributed by atoms with E-state index in [0.717, 1.165) is 22.5 Å². The van der Waals surface area contributed by atoms with Crippen LogP contribution in [0.4, 0.5) is 11.4 Å². The third-order valence-corrected chi connectivity index (χ3v) is 3.54. The first-order valence-electron chi connectivity index (χ1n) is 7.26. The van der Waals surface area contributed by atoms with Crippen molar-refractivity contribution in [2.45, 2.75) is 6.42 Å². The SMILES string of the molecule is Oc1ccc(Cc2cc(O)ccc2Nc2cccc(O)c2)cc1. The van der Waals surface area contributed by atoms with Gasteiger partial charge in [0.15, 0.2) is 0 Å². The minimum Gasteiger partial charge on any atom is -0.508 e. The molecular formula is C19H17NO3. The molecule has 4 nitrogen and oxygen atoms in total. The zero-order valence-electron chi connectivity index (χ0n) is 12.4. The number of phenols is 3. The maximum absolute atomic E-state index is 9.76. The van der Waals surface area contributed by atoms with Crippen LogP contribution < -0.4 is 5.32 Å². The van der Waals surface area contributed by atoms with Gasteiger partial charge in [0.2, 0.25) is 0 Å². The smallest absolute Gasteiger partial charge is 0.117 e. The largest absolute Gasteiger partial charge is 0.508 e. The van der Waals surface area contributed by atoms with Gasteiger partial charge in [-0.2, -0.15) is 0 Å². The van der Waals surface area contributed by atoms with Crippen LogP contribution in [-0.2, 0) is 6.42 Å². The van der Waals surface area contributed by atoms with E-state index in [2.05, 4.69) is 5.32 Å². The molecule has 0 saturated heterocycles. The summed E-state index contributed by atoms with van der Waals surface area (Å²) in [5, 5.41) is 31.9. The first-order chi connectivity index (χ1) is 11.1. The van der Waals surface area contributed by atoms with E-state index < -0.39 is 0 Å². The van der Waals surface area contributed by atoms with E-state index >= 15 is 0 Å². The van der Waals surface area contributed by atoms with Gasteiger partial charge in [0.25, 0.3) is 0 Å². The highest BCUT2D eigenvalue weighted by Crippen LogP contribution is 2.28. The molecule has 0 unspecified atom stereocenters. The number of anilines is 2. The maximum atomic E-state index is 9.76. The lowest BCUT2D eigenvalue weighted by atomic mass is 10.0. The molecule has 0 aliphatic heterocycles. The minimum absolute atomic E-state index is 0.189. The van der Waals surface area contributed by atoms with Crippen LogP contribution >= 0.6 is 0 Å². The molecule has 0 atom stereocenters. The van der Waals surface area contributed by atoms with Gasteiger partial charge < -0.3 is 20.6 Å². The lowest BCUT2D eigenvalue weighted by molar-refractivity contribution is 0.474. The number of nitrogens with one attached hydrogen (secondary N) is 1. The molecule has 0 bridgehead atoms. The second kappa shape index (κ2) is 6.32. The Kier molecular flexibility index (Phi) is 4.06. The lowest BCUT2D eigenvalue weighted by Crippen LogP contribution is -1.97. The molecule has 3 aromatic rings. The van der Waals surface area contributed by atoms with E-state index in [1.54, 1.807) is 48.5 Å². The fourth-order valence-corrected chi connectivity index (χ4v) is 2.42. The highest BCUT2D eigenvalue weighted by atomic mass is 16.3. The predicted molar refractivity (Wildman–Crippen MR) is 90.4 cm³/mol. The van der Waals surface area contributed by atoms with E-state index in [9.17, 15) is 15.3 Å². The summed E-state index contributed by atoms with van der Waals surface area (Å²) in [5.74, 6) is 0.608. The van der Waals surface area contributed by atoms with Crippen LogP contribution in [0.25, 0.3) is 0 Å². The molecule has 0 spiro atoms. The van der Waals surface area contributed by atoms with Gasteiger partial charge in [0.05, 0.1) is 0 Å². The molecule has 4 N–H and O–H groups in total. The summed E-state index contributed by atoms with van der Waals surface area (Å²) in [4.78, 5) is 0. The summed E-state index contributed by atoms with van der Waals surface area (Å²) in [6.07, 6.45) is 0.607. The van der Waals surface area contributed by atoms with Gasteiger partial charge in [0, 0.05) is 17.4 Å². The highest BCUT2D eigenvalue weighted by molar-refractivity contribution is 5.66. The van der Waals surface area contributed by atoms with Gasteiger partial charge in [-0.25, -0.2) is 0 Å². The summed E-state index contributed by atoms with van der Waals surface area (Å²) >= 11 is 0. The van der Waals surface area contributed by atoms with Gasteiger partial charge in [-0.15, -0.1) is 0 Å². The van der Waals surface area contributed by atoms with E-state index in [-0.39, 0.29) is 17.2 Å². The Hall–Kier alpha value is -3.14. The van der Waals surface area contributed by atoms with Crippen LogP contribution in [0.2, 0.25) is 0 Å². The van der Waals surface area contributed by atoms with Gasteiger partial charge in [-0.1, -0.05) is 18.2 Å². The molecule has 4 heteroatoms. The second-order valence-electron chi connectivity index (χ2n) is 5.36. The van der Waals surface area contributed by atoms with Gasteiger partial charge in [-0.3, -0.25) is 0 Å². The monoisotopic (exact) mass is 307 g/mol. The molecule has 0 aliphatic rings. The number of hydrogen-bond acceptors (Lipinski definition) is 4. The summed E-state index contributed by atoms with van der Waals surface area (Å²) in [6.45, 7) is 0. The van der Waals surface area contributed by atoms with E-state index in [1.807, 2.05) is 18.2 Å². The van der Waals surface area contributed by atoms with Crippen molar-refractivity contribution in [1.82, 2.24) is 0 Å². The Morgan fingerprint density at radius 2 is 1.39 bits per heavy atom. The number of benzene rings is 3. The van der Waals surface area contributed by atoms with Crippen molar-refractivity contribution < 1.29 is 15.3 Å². The average molecular weight is 307 g/mol. The van der Waals surface area contributed by atoms with Crippen LogP contribution in [0.5, 0.6) is 17.2 Å². The molecule has 116 valence electrons. The standard InChI is InChI=1S/C19H17NO3/c21-16-6-4-13(5-7-16)10-14-11-18(23)8-9-19(14)20-15-2-1-3-17(22)12-15/h1-9,11-12,20-23H,10H2. The van der Waals surface area contributed by atoms with Crippen LogP contribution in [0, 0.1) is 0 Å². The molecule has 0 amide bonds. The molecular weight excluding hydrogens is 290 g/mol. The van der Waals surface area contributed by atoms with Crippen LogP contribution in [0.3, 0.4) is 0 Å². The molecule has 23 heavy (non-hydrogen) atoms.